The van der Waals surface area contributed by atoms with E-state index < -0.39 is 0 Å². The van der Waals surface area contributed by atoms with E-state index in [-0.39, 0.29) is 5.91 Å². The molecule has 0 radical (unpaired) electrons. The Morgan fingerprint density at radius 3 is 2.63 bits per heavy atom. The molecule has 0 aliphatic carbocycles. The van der Waals surface area contributed by atoms with Crippen molar-refractivity contribution >= 4 is 23.4 Å². The van der Waals surface area contributed by atoms with Crippen LogP contribution in [0.15, 0.2) is 29.4 Å². The van der Waals surface area contributed by atoms with Gasteiger partial charge in [-0.3, -0.25) is 4.79 Å². The number of rotatable bonds is 6. The van der Waals surface area contributed by atoms with Crippen LogP contribution in [0.3, 0.4) is 0 Å². The molecule has 7 heteroatoms. The summed E-state index contributed by atoms with van der Waals surface area (Å²) in [4.78, 5) is 23.4. The van der Waals surface area contributed by atoms with Crippen molar-refractivity contribution in [1.29, 1.82) is 0 Å². The van der Waals surface area contributed by atoms with Crippen LogP contribution in [0, 0.1) is 20.8 Å². The maximum Gasteiger partial charge on any atom is 0.253 e. The molecule has 2 heterocycles. The first-order chi connectivity index (χ1) is 12.9. The van der Waals surface area contributed by atoms with E-state index in [0.717, 1.165) is 17.0 Å². The molecule has 0 atom stereocenters. The Labute approximate surface area is 164 Å². The molecule has 0 unspecified atom stereocenters. The summed E-state index contributed by atoms with van der Waals surface area (Å²) in [6, 6.07) is 8.17. The molecular formula is C20H25N5OS. The van der Waals surface area contributed by atoms with Crippen LogP contribution in [-0.2, 0) is 17.8 Å². The Balaban J connectivity index is 1.72. The van der Waals surface area contributed by atoms with Crippen LogP contribution in [0.2, 0.25) is 0 Å². The van der Waals surface area contributed by atoms with Crippen LogP contribution in [0.4, 0.5) is 0 Å². The van der Waals surface area contributed by atoms with Crippen molar-refractivity contribution in [3.8, 4) is 0 Å². The van der Waals surface area contributed by atoms with Gasteiger partial charge in [0.15, 0.2) is 0 Å². The van der Waals surface area contributed by atoms with Crippen LogP contribution in [0.5, 0.6) is 0 Å². The molecule has 1 aromatic carbocycles. The van der Waals surface area contributed by atoms with Crippen LogP contribution >= 0.6 is 11.8 Å². The molecule has 0 saturated heterocycles. The lowest BCUT2D eigenvalue weighted by Crippen LogP contribution is -2.27. The number of aryl methyl sites for hydroxylation is 3. The van der Waals surface area contributed by atoms with E-state index in [1.807, 2.05) is 39.3 Å². The van der Waals surface area contributed by atoms with E-state index >= 15 is 0 Å². The number of aromatic nitrogens is 4. The maximum atomic E-state index is 12.6. The molecule has 27 heavy (non-hydrogen) atoms. The van der Waals surface area contributed by atoms with Gasteiger partial charge in [-0.15, -0.1) is 5.10 Å². The van der Waals surface area contributed by atoms with Gasteiger partial charge >= 0.3 is 0 Å². The predicted molar refractivity (Wildman–Crippen MR) is 108 cm³/mol. The maximum absolute atomic E-state index is 12.6. The number of fused-ring (bicyclic) bond motifs is 1. The highest BCUT2D eigenvalue weighted by atomic mass is 32.2. The number of carbonyl (C=O) groups excluding carboxylic acids is 1. The number of amides is 1. The third kappa shape index (κ3) is 4.13. The highest BCUT2D eigenvalue weighted by Gasteiger charge is 2.16. The summed E-state index contributed by atoms with van der Waals surface area (Å²) in [6.45, 7) is 6.68. The Morgan fingerprint density at radius 1 is 1.19 bits per heavy atom. The molecule has 0 spiro atoms. The first-order valence-corrected chi connectivity index (χ1v) is 10.2. The Morgan fingerprint density at radius 2 is 1.93 bits per heavy atom. The molecule has 3 rings (SSSR count). The van der Waals surface area contributed by atoms with Gasteiger partial charge in [-0.05, 0) is 50.1 Å². The van der Waals surface area contributed by atoms with Crippen molar-refractivity contribution in [2.45, 2.75) is 45.3 Å². The summed E-state index contributed by atoms with van der Waals surface area (Å²) in [6.07, 6.45) is 3.04. The highest BCUT2D eigenvalue weighted by molar-refractivity contribution is 7.98. The zero-order valence-electron chi connectivity index (χ0n) is 16.5. The lowest BCUT2D eigenvalue weighted by molar-refractivity contribution is -0.130. The summed E-state index contributed by atoms with van der Waals surface area (Å²) in [5, 5.41) is 5.18. The molecule has 0 N–H and O–H groups in total. The Kier molecular flexibility index (Phi) is 5.79. The van der Waals surface area contributed by atoms with E-state index in [2.05, 4.69) is 34.1 Å². The molecule has 0 fully saturated rings. The second kappa shape index (κ2) is 8.08. The molecule has 0 aliphatic rings. The number of carbonyl (C=O) groups is 1. The Bertz CT molecular complexity index is 982. The monoisotopic (exact) mass is 383 g/mol. The van der Waals surface area contributed by atoms with Gasteiger partial charge in [0.1, 0.15) is 0 Å². The summed E-state index contributed by atoms with van der Waals surface area (Å²) in [5.41, 5.74) is 5.36. The number of hydrogen-bond donors (Lipinski definition) is 0. The lowest BCUT2D eigenvalue weighted by Gasteiger charge is -2.19. The smallest absolute Gasteiger partial charge is 0.253 e. The van der Waals surface area contributed by atoms with Crippen molar-refractivity contribution in [3.05, 3.63) is 52.3 Å². The minimum Gasteiger partial charge on any atom is -0.341 e. The van der Waals surface area contributed by atoms with Crippen molar-refractivity contribution in [1.82, 2.24) is 24.5 Å². The van der Waals surface area contributed by atoms with Crippen molar-refractivity contribution < 1.29 is 4.79 Å². The van der Waals surface area contributed by atoms with E-state index in [1.165, 1.54) is 22.9 Å². The molecule has 3 aromatic rings. The summed E-state index contributed by atoms with van der Waals surface area (Å²) >= 11 is 1.50. The normalized spacial score (nSPS) is 11.1. The van der Waals surface area contributed by atoms with Crippen LogP contribution < -0.4 is 0 Å². The van der Waals surface area contributed by atoms with Gasteiger partial charge in [0, 0.05) is 31.4 Å². The van der Waals surface area contributed by atoms with E-state index in [0.29, 0.717) is 30.3 Å². The quantitative estimate of drug-likeness (QED) is 0.611. The molecule has 142 valence electrons. The van der Waals surface area contributed by atoms with Crippen molar-refractivity contribution in [2.24, 2.45) is 0 Å². The summed E-state index contributed by atoms with van der Waals surface area (Å²) in [7, 11) is 1.86. The largest absolute Gasteiger partial charge is 0.341 e. The highest BCUT2D eigenvalue weighted by Crippen LogP contribution is 2.18. The fourth-order valence-corrected chi connectivity index (χ4v) is 3.53. The average Bonchev–Trinajstić information content (AvgIpc) is 3.06. The fraction of sp³-hybridized carbons (Fsp3) is 0.400. The topological polar surface area (TPSA) is 63.4 Å². The van der Waals surface area contributed by atoms with Gasteiger partial charge in [0.2, 0.25) is 11.1 Å². The lowest BCUT2D eigenvalue weighted by atomic mass is 10.1. The van der Waals surface area contributed by atoms with E-state index in [1.54, 1.807) is 9.42 Å². The fourth-order valence-electron chi connectivity index (χ4n) is 3.19. The molecular weight excluding hydrogens is 358 g/mol. The SMILES string of the molecule is CSc1nc2nc(C)c(CCC(=O)N(C)Cc3ccccc3C)c(C)n2n1. The zero-order chi connectivity index (χ0) is 19.6. The molecule has 6 nitrogen and oxygen atoms in total. The molecule has 0 bridgehead atoms. The first kappa shape index (κ1) is 19.4. The van der Waals surface area contributed by atoms with Gasteiger partial charge in [-0.2, -0.15) is 4.98 Å². The third-order valence-electron chi connectivity index (χ3n) is 4.90. The van der Waals surface area contributed by atoms with Gasteiger partial charge in [0.25, 0.3) is 5.78 Å². The zero-order valence-corrected chi connectivity index (χ0v) is 17.3. The van der Waals surface area contributed by atoms with E-state index in [4.69, 9.17) is 0 Å². The van der Waals surface area contributed by atoms with Gasteiger partial charge in [-0.25, -0.2) is 9.50 Å². The number of thioether (sulfide) groups is 1. The molecule has 0 saturated carbocycles. The first-order valence-electron chi connectivity index (χ1n) is 8.96. The van der Waals surface area contributed by atoms with Gasteiger partial charge < -0.3 is 4.90 Å². The number of hydrogen-bond acceptors (Lipinski definition) is 5. The van der Waals surface area contributed by atoms with Gasteiger partial charge in [-0.1, -0.05) is 36.0 Å². The van der Waals surface area contributed by atoms with Crippen LogP contribution in [0.1, 0.15) is 34.5 Å². The van der Waals surface area contributed by atoms with Crippen LogP contribution in [0.25, 0.3) is 5.78 Å². The minimum atomic E-state index is 0.126. The second-order valence-electron chi connectivity index (χ2n) is 6.75. The molecule has 1 amide bonds. The average molecular weight is 384 g/mol. The second-order valence-corrected chi connectivity index (χ2v) is 7.52. The molecule has 0 aliphatic heterocycles. The molecule has 2 aromatic heterocycles. The number of benzene rings is 1. The van der Waals surface area contributed by atoms with E-state index in [9.17, 15) is 4.79 Å². The van der Waals surface area contributed by atoms with Crippen LogP contribution in [-0.4, -0.2) is 43.7 Å². The number of nitrogens with zero attached hydrogens (tertiary/aromatic N) is 5. The van der Waals surface area contributed by atoms with Crippen molar-refractivity contribution in [2.75, 3.05) is 13.3 Å². The third-order valence-corrected chi connectivity index (χ3v) is 5.43. The summed E-state index contributed by atoms with van der Waals surface area (Å²) in [5.74, 6) is 0.738. The Hall–Kier alpha value is -2.41. The van der Waals surface area contributed by atoms with Gasteiger partial charge in [0.05, 0.1) is 0 Å². The standard InChI is InChI=1S/C20H25N5OS/c1-13-8-6-7-9-16(13)12-24(4)18(26)11-10-17-14(2)21-19-22-20(27-5)23-25(19)15(17)3/h6-9H,10-12H2,1-5H3. The predicted octanol–water partition coefficient (Wildman–Crippen LogP) is 3.36. The minimum absolute atomic E-state index is 0.126. The summed E-state index contributed by atoms with van der Waals surface area (Å²) < 4.78 is 1.77. The van der Waals surface area contributed by atoms with Crippen molar-refractivity contribution in [3.63, 3.8) is 0 Å².